The summed E-state index contributed by atoms with van der Waals surface area (Å²) < 4.78 is 43.1. The number of benzene rings is 1. The van der Waals surface area contributed by atoms with E-state index in [0.29, 0.717) is 17.9 Å². The van der Waals surface area contributed by atoms with E-state index in [-0.39, 0.29) is 16.8 Å². The number of pyridine rings is 1. The normalized spacial score (nSPS) is 11.0. The third-order valence-electron chi connectivity index (χ3n) is 5.27. The number of hydrogen-bond acceptors (Lipinski definition) is 5. The number of halogens is 2. The minimum absolute atomic E-state index is 0.0708. The van der Waals surface area contributed by atoms with Crippen molar-refractivity contribution >= 4 is 11.1 Å². The molecule has 5 nitrogen and oxygen atoms in total. The zero-order chi connectivity index (χ0) is 23.5. The van der Waals surface area contributed by atoms with Gasteiger partial charge in [0.05, 0.1) is 25.0 Å². The Morgan fingerprint density at radius 2 is 1.52 bits per heavy atom. The molecule has 0 aliphatic carbocycles. The van der Waals surface area contributed by atoms with Gasteiger partial charge in [-0.2, -0.15) is 4.98 Å². The van der Waals surface area contributed by atoms with Gasteiger partial charge in [-0.15, -0.1) is 0 Å². The van der Waals surface area contributed by atoms with Crippen LogP contribution in [0.5, 0.6) is 5.88 Å². The van der Waals surface area contributed by atoms with Crippen molar-refractivity contribution in [2.75, 3.05) is 13.2 Å². The van der Waals surface area contributed by atoms with Crippen molar-refractivity contribution in [3.63, 3.8) is 0 Å². The number of aromatic nitrogens is 1. The summed E-state index contributed by atoms with van der Waals surface area (Å²) in [4.78, 5) is 16.6. The van der Waals surface area contributed by atoms with Gasteiger partial charge in [0.25, 0.3) is 0 Å². The molecule has 176 valence electrons. The molecule has 0 aliphatic rings. The summed E-state index contributed by atoms with van der Waals surface area (Å²) in [5.74, 6) is -1.15. The van der Waals surface area contributed by atoms with Crippen molar-refractivity contribution in [3.8, 4) is 17.0 Å². The summed E-state index contributed by atoms with van der Waals surface area (Å²) >= 11 is 0. The van der Waals surface area contributed by atoms with Gasteiger partial charge in [-0.05, 0) is 42.7 Å². The highest BCUT2D eigenvalue weighted by Crippen LogP contribution is 2.23. The summed E-state index contributed by atoms with van der Waals surface area (Å²) in [5.41, 5.74) is -0.409. The van der Waals surface area contributed by atoms with Gasteiger partial charge in [-0.3, -0.25) is 0 Å². The molecular weight excluding hydrogens is 428 g/mol. The van der Waals surface area contributed by atoms with Crippen molar-refractivity contribution in [3.05, 3.63) is 71.3 Å². The van der Waals surface area contributed by atoms with Crippen LogP contribution in [0.25, 0.3) is 22.2 Å². The molecule has 0 radical (unpaired) electrons. The Labute approximate surface area is 192 Å². The number of fused-ring (bicyclic) bond motifs is 1. The van der Waals surface area contributed by atoms with E-state index in [9.17, 15) is 13.6 Å². The number of unbranched alkanes of at least 4 members (excludes halogenated alkanes) is 7. The lowest BCUT2D eigenvalue weighted by atomic mass is 10.1. The Morgan fingerprint density at radius 1 is 0.879 bits per heavy atom. The molecule has 0 unspecified atom stereocenters. The Hall–Kier alpha value is -3.22. The average molecular weight is 458 g/mol. The SMILES string of the molecule is C=COCCCCCCCCCCOc1ccc2cc(-c3cc(F)cc(F)c3)c(=O)oc2n1. The van der Waals surface area contributed by atoms with E-state index in [2.05, 4.69) is 11.6 Å². The molecule has 1 aromatic carbocycles. The van der Waals surface area contributed by atoms with Crippen LogP contribution >= 0.6 is 0 Å². The van der Waals surface area contributed by atoms with Crippen LogP contribution in [0, 0.1) is 11.6 Å². The molecule has 2 heterocycles. The molecule has 33 heavy (non-hydrogen) atoms. The largest absolute Gasteiger partial charge is 0.502 e. The van der Waals surface area contributed by atoms with Crippen LogP contribution in [-0.4, -0.2) is 18.2 Å². The molecule has 0 N–H and O–H groups in total. The molecule has 0 amide bonds. The maximum Gasteiger partial charge on any atom is 0.345 e. The fraction of sp³-hybridized carbons (Fsp3) is 0.385. The van der Waals surface area contributed by atoms with E-state index in [1.165, 1.54) is 38.0 Å². The molecule has 3 rings (SSSR count). The van der Waals surface area contributed by atoms with Crippen LogP contribution in [0.1, 0.15) is 51.4 Å². The first-order valence-corrected chi connectivity index (χ1v) is 11.3. The van der Waals surface area contributed by atoms with Gasteiger partial charge in [0, 0.05) is 17.5 Å². The van der Waals surface area contributed by atoms with Crippen LogP contribution in [0.4, 0.5) is 8.78 Å². The lowest BCUT2D eigenvalue weighted by Crippen LogP contribution is -2.05. The quantitative estimate of drug-likeness (QED) is 0.197. The van der Waals surface area contributed by atoms with Crippen LogP contribution in [-0.2, 0) is 4.74 Å². The molecule has 0 spiro atoms. The Morgan fingerprint density at radius 3 is 2.18 bits per heavy atom. The second-order valence-corrected chi connectivity index (χ2v) is 7.86. The zero-order valence-electron chi connectivity index (χ0n) is 18.7. The van der Waals surface area contributed by atoms with Gasteiger partial charge >= 0.3 is 5.63 Å². The summed E-state index contributed by atoms with van der Waals surface area (Å²) in [5, 5.41) is 0.540. The first-order chi connectivity index (χ1) is 16.1. The molecule has 0 atom stereocenters. The van der Waals surface area contributed by atoms with Crippen molar-refractivity contribution < 1.29 is 22.7 Å². The zero-order valence-corrected chi connectivity index (χ0v) is 18.7. The molecule has 0 fully saturated rings. The van der Waals surface area contributed by atoms with E-state index < -0.39 is 17.3 Å². The second-order valence-electron chi connectivity index (χ2n) is 7.86. The second kappa shape index (κ2) is 12.7. The maximum absolute atomic E-state index is 13.5. The molecule has 3 aromatic rings. The average Bonchev–Trinajstić information content (AvgIpc) is 2.78. The summed E-state index contributed by atoms with van der Waals surface area (Å²) in [6, 6.07) is 7.84. The van der Waals surface area contributed by atoms with Crippen LogP contribution in [0.3, 0.4) is 0 Å². The standard InChI is InChI=1S/C26H29F2NO4/c1-2-31-13-9-7-5-3-4-6-8-10-14-32-24-12-11-19-17-23(26(30)33-25(19)29-24)20-15-21(27)18-22(28)16-20/h2,11-12,15-18H,1,3-10,13-14H2. The van der Waals surface area contributed by atoms with Gasteiger partial charge < -0.3 is 13.9 Å². The smallest absolute Gasteiger partial charge is 0.345 e. The van der Waals surface area contributed by atoms with Crippen molar-refractivity contribution in [2.24, 2.45) is 0 Å². The Kier molecular flexibility index (Phi) is 9.42. The first kappa shape index (κ1) is 24.4. The first-order valence-electron chi connectivity index (χ1n) is 11.3. The Bertz CT molecular complexity index is 1090. The van der Waals surface area contributed by atoms with Gasteiger partial charge in [0.1, 0.15) is 11.6 Å². The third-order valence-corrected chi connectivity index (χ3v) is 5.27. The monoisotopic (exact) mass is 457 g/mol. The highest BCUT2D eigenvalue weighted by Gasteiger charge is 2.12. The highest BCUT2D eigenvalue weighted by atomic mass is 19.1. The molecular formula is C26H29F2NO4. The fourth-order valence-electron chi connectivity index (χ4n) is 3.58. The topological polar surface area (TPSA) is 61.6 Å². The van der Waals surface area contributed by atoms with E-state index in [0.717, 1.165) is 50.5 Å². The van der Waals surface area contributed by atoms with Gasteiger partial charge in [0.2, 0.25) is 11.6 Å². The summed E-state index contributed by atoms with van der Waals surface area (Å²) in [7, 11) is 0. The van der Waals surface area contributed by atoms with E-state index in [1.54, 1.807) is 12.1 Å². The van der Waals surface area contributed by atoms with Gasteiger partial charge in [-0.25, -0.2) is 13.6 Å². The molecule has 0 aliphatic heterocycles. The highest BCUT2D eigenvalue weighted by molar-refractivity contribution is 5.79. The molecule has 0 bridgehead atoms. The molecule has 7 heteroatoms. The predicted octanol–water partition coefficient (Wildman–Crippen LogP) is 6.79. The number of hydrogen-bond donors (Lipinski definition) is 0. The van der Waals surface area contributed by atoms with Gasteiger partial charge in [0.15, 0.2) is 0 Å². The third kappa shape index (κ3) is 7.70. The van der Waals surface area contributed by atoms with Gasteiger partial charge in [-0.1, -0.05) is 45.1 Å². The predicted molar refractivity (Wildman–Crippen MR) is 124 cm³/mol. The lowest BCUT2D eigenvalue weighted by Gasteiger charge is -2.07. The van der Waals surface area contributed by atoms with Crippen LogP contribution in [0.2, 0.25) is 0 Å². The molecule has 2 aromatic heterocycles. The van der Waals surface area contributed by atoms with Crippen LogP contribution < -0.4 is 10.4 Å². The van der Waals surface area contributed by atoms with E-state index in [1.807, 2.05) is 0 Å². The lowest BCUT2D eigenvalue weighted by molar-refractivity contribution is 0.241. The minimum atomic E-state index is -0.763. The number of nitrogens with zero attached hydrogens (tertiary/aromatic N) is 1. The van der Waals surface area contributed by atoms with Crippen LogP contribution in [0.15, 0.2) is 58.5 Å². The van der Waals surface area contributed by atoms with Crippen molar-refractivity contribution in [1.82, 2.24) is 4.98 Å². The number of ether oxygens (including phenoxy) is 2. The minimum Gasteiger partial charge on any atom is -0.502 e. The van der Waals surface area contributed by atoms with E-state index >= 15 is 0 Å². The van der Waals surface area contributed by atoms with Crippen molar-refractivity contribution in [1.29, 1.82) is 0 Å². The maximum atomic E-state index is 13.5. The number of rotatable bonds is 14. The van der Waals surface area contributed by atoms with E-state index in [4.69, 9.17) is 13.9 Å². The summed E-state index contributed by atoms with van der Waals surface area (Å²) in [6.07, 6.45) is 10.6. The molecule has 0 saturated heterocycles. The Balaban J connectivity index is 1.44. The molecule has 0 saturated carbocycles. The summed E-state index contributed by atoms with van der Waals surface area (Å²) in [6.45, 7) is 4.80. The van der Waals surface area contributed by atoms with Crippen molar-refractivity contribution in [2.45, 2.75) is 51.4 Å². The fourth-order valence-corrected chi connectivity index (χ4v) is 3.58.